The molecular formula is C13H25N3O4. The Balaban J connectivity index is 2.15. The van der Waals surface area contributed by atoms with E-state index in [0.29, 0.717) is 19.4 Å². The molecule has 1 fully saturated rings. The second-order valence-corrected chi connectivity index (χ2v) is 5.51. The Morgan fingerprint density at radius 1 is 1.40 bits per heavy atom. The van der Waals surface area contributed by atoms with Crippen molar-refractivity contribution in [1.82, 2.24) is 15.5 Å². The molecule has 7 nitrogen and oxygen atoms in total. The minimum absolute atomic E-state index is 0.0914. The summed E-state index contributed by atoms with van der Waals surface area (Å²) in [6, 6.07) is -0.146. The predicted octanol–water partition coefficient (Wildman–Crippen LogP) is 0.258. The highest BCUT2D eigenvalue weighted by Gasteiger charge is 2.30. The van der Waals surface area contributed by atoms with Gasteiger partial charge in [0.25, 0.3) is 0 Å². The Labute approximate surface area is 119 Å². The quantitative estimate of drug-likeness (QED) is 0.625. The number of nitrogens with one attached hydrogen (secondary N) is 2. The largest absolute Gasteiger partial charge is 0.479 e. The average molecular weight is 287 g/mol. The van der Waals surface area contributed by atoms with E-state index in [2.05, 4.69) is 15.5 Å². The van der Waals surface area contributed by atoms with E-state index in [9.17, 15) is 9.59 Å². The average Bonchev–Trinajstić information content (AvgIpc) is 2.83. The number of carboxylic acids is 1. The van der Waals surface area contributed by atoms with Crippen LogP contribution in [0, 0.1) is 0 Å². The zero-order valence-electron chi connectivity index (χ0n) is 12.4. The minimum Gasteiger partial charge on any atom is -0.479 e. The first-order valence-corrected chi connectivity index (χ1v) is 6.96. The van der Waals surface area contributed by atoms with Gasteiger partial charge in [0.05, 0.1) is 6.10 Å². The summed E-state index contributed by atoms with van der Waals surface area (Å²) in [7, 11) is 3.98. The first-order valence-electron chi connectivity index (χ1n) is 6.96. The maximum Gasteiger partial charge on any atom is 0.332 e. The van der Waals surface area contributed by atoms with Gasteiger partial charge in [-0.1, -0.05) is 0 Å². The van der Waals surface area contributed by atoms with Crippen molar-refractivity contribution in [1.29, 1.82) is 0 Å². The van der Waals surface area contributed by atoms with Crippen molar-refractivity contribution < 1.29 is 19.4 Å². The van der Waals surface area contributed by atoms with E-state index in [1.807, 2.05) is 21.0 Å². The van der Waals surface area contributed by atoms with Gasteiger partial charge < -0.3 is 25.4 Å². The summed E-state index contributed by atoms with van der Waals surface area (Å²) in [5.41, 5.74) is 0. The van der Waals surface area contributed by atoms with Gasteiger partial charge in [0.2, 0.25) is 0 Å². The van der Waals surface area contributed by atoms with Crippen LogP contribution in [0.5, 0.6) is 0 Å². The molecule has 3 N–H and O–H groups in total. The van der Waals surface area contributed by atoms with E-state index in [0.717, 1.165) is 13.0 Å². The molecule has 0 aromatic heterocycles. The van der Waals surface area contributed by atoms with Gasteiger partial charge in [-0.2, -0.15) is 0 Å². The monoisotopic (exact) mass is 287 g/mol. The summed E-state index contributed by atoms with van der Waals surface area (Å²) < 4.78 is 5.31. The smallest absolute Gasteiger partial charge is 0.332 e. The summed E-state index contributed by atoms with van der Waals surface area (Å²) in [6.07, 6.45) is 1.10. The predicted molar refractivity (Wildman–Crippen MR) is 74.7 cm³/mol. The standard InChI is InChI=1S/C13H25N3O4/c1-9(6-7-16(2)3)15-13(19)14-8-10-4-5-11(20-10)12(17)18/h9-11H,4-8H2,1-3H3,(H,17,18)(H2,14,15,19). The fourth-order valence-corrected chi connectivity index (χ4v) is 2.04. The third kappa shape index (κ3) is 6.21. The molecule has 2 amide bonds. The SMILES string of the molecule is CC(CCN(C)C)NC(=O)NCC1CCC(C(=O)O)O1. The lowest BCUT2D eigenvalue weighted by atomic mass is 10.2. The number of hydrogen-bond acceptors (Lipinski definition) is 4. The van der Waals surface area contributed by atoms with Crippen molar-refractivity contribution in [3.05, 3.63) is 0 Å². The molecule has 7 heteroatoms. The van der Waals surface area contributed by atoms with Crippen LogP contribution in [-0.2, 0) is 9.53 Å². The molecule has 0 spiro atoms. The first-order chi connectivity index (χ1) is 9.38. The molecule has 0 radical (unpaired) electrons. The van der Waals surface area contributed by atoms with Crippen molar-refractivity contribution in [2.24, 2.45) is 0 Å². The van der Waals surface area contributed by atoms with Gasteiger partial charge in [0.15, 0.2) is 6.10 Å². The molecule has 116 valence electrons. The number of amides is 2. The molecule has 0 aliphatic carbocycles. The summed E-state index contributed by atoms with van der Waals surface area (Å²) in [6.45, 7) is 3.21. The minimum atomic E-state index is -0.936. The van der Waals surface area contributed by atoms with Crippen LogP contribution in [0.3, 0.4) is 0 Å². The van der Waals surface area contributed by atoms with E-state index in [-0.39, 0.29) is 18.2 Å². The second-order valence-electron chi connectivity index (χ2n) is 5.51. The summed E-state index contributed by atoms with van der Waals surface area (Å²) in [4.78, 5) is 24.5. The molecule has 1 aliphatic heterocycles. The Morgan fingerprint density at radius 2 is 2.10 bits per heavy atom. The normalized spacial score (nSPS) is 23.6. The van der Waals surface area contributed by atoms with Gasteiger partial charge >= 0.3 is 12.0 Å². The number of hydrogen-bond donors (Lipinski definition) is 3. The molecule has 1 aliphatic rings. The van der Waals surface area contributed by atoms with Crippen LogP contribution in [0.4, 0.5) is 4.79 Å². The summed E-state index contributed by atoms with van der Waals surface area (Å²) in [5.74, 6) is -0.936. The van der Waals surface area contributed by atoms with Gasteiger partial charge in [-0.25, -0.2) is 9.59 Å². The van der Waals surface area contributed by atoms with Crippen LogP contribution < -0.4 is 10.6 Å². The lowest BCUT2D eigenvalue weighted by Crippen LogP contribution is -2.44. The molecule has 3 unspecified atom stereocenters. The Bertz CT molecular complexity index is 336. The Morgan fingerprint density at radius 3 is 2.65 bits per heavy atom. The number of ether oxygens (including phenoxy) is 1. The van der Waals surface area contributed by atoms with Crippen LogP contribution in [-0.4, -0.2) is 67.4 Å². The molecule has 0 aromatic carbocycles. The number of carbonyl (C=O) groups excluding carboxylic acids is 1. The molecule has 0 aromatic rings. The third-order valence-electron chi connectivity index (χ3n) is 3.26. The number of aliphatic carboxylic acids is 1. The molecular weight excluding hydrogens is 262 g/mol. The van der Waals surface area contributed by atoms with Gasteiger partial charge in [-0.3, -0.25) is 0 Å². The number of carboxylic acid groups (broad SMARTS) is 1. The lowest BCUT2D eigenvalue weighted by Gasteiger charge is -2.18. The highest BCUT2D eigenvalue weighted by molar-refractivity contribution is 5.74. The number of rotatable bonds is 7. The van der Waals surface area contributed by atoms with Crippen molar-refractivity contribution in [2.75, 3.05) is 27.2 Å². The van der Waals surface area contributed by atoms with Gasteiger partial charge in [0, 0.05) is 12.6 Å². The van der Waals surface area contributed by atoms with E-state index < -0.39 is 12.1 Å². The van der Waals surface area contributed by atoms with Crippen LogP contribution in [0.1, 0.15) is 26.2 Å². The molecule has 0 saturated carbocycles. The topological polar surface area (TPSA) is 90.9 Å². The molecule has 0 bridgehead atoms. The molecule has 1 rings (SSSR count). The lowest BCUT2D eigenvalue weighted by molar-refractivity contribution is -0.149. The Hall–Kier alpha value is -1.34. The van der Waals surface area contributed by atoms with Gasteiger partial charge in [-0.05, 0) is 46.8 Å². The van der Waals surface area contributed by atoms with E-state index in [1.54, 1.807) is 0 Å². The number of nitrogens with zero attached hydrogens (tertiary/aromatic N) is 1. The van der Waals surface area contributed by atoms with Crippen molar-refractivity contribution in [2.45, 2.75) is 44.4 Å². The zero-order chi connectivity index (χ0) is 15.1. The molecule has 1 saturated heterocycles. The number of urea groups is 1. The van der Waals surface area contributed by atoms with E-state index >= 15 is 0 Å². The van der Waals surface area contributed by atoms with Crippen LogP contribution in [0.15, 0.2) is 0 Å². The molecule has 1 heterocycles. The highest BCUT2D eigenvalue weighted by atomic mass is 16.5. The first kappa shape index (κ1) is 16.7. The molecule has 3 atom stereocenters. The maximum atomic E-state index is 11.7. The number of carbonyl (C=O) groups is 2. The maximum absolute atomic E-state index is 11.7. The highest BCUT2D eigenvalue weighted by Crippen LogP contribution is 2.19. The van der Waals surface area contributed by atoms with Crippen molar-refractivity contribution in [3.63, 3.8) is 0 Å². The van der Waals surface area contributed by atoms with Gasteiger partial charge in [-0.15, -0.1) is 0 Å². The van der Waals surface area contributed by atoms with Crippen LogP contribution in [0.25, 0.3) is 0 Å². The summed E-state index contributed by atoms with van der Waals surface area (Å²) in [5, 5.41) is 14.4. The fraction of sp³-hybridized carbons (Fsp3) is 0.846. The fourth-order valence-electron chi connectivity index (χ4n) is 2.04. The van der Waals surface area contributed by atoms with Gasteiger partial charge in [0.1, 0.15) is 0 Å². The Kier molecular flexibility index (Phi) is 6.74. The van der Waals surface area contributed by atoms with E-state index in [1.165, 1.54) is 0 Å². The van der Waals surface area contributed by atoms with Crippen molar-refractivity contribution >= 4 is 12.0 Å². The summed E-state index contributed by atoms with van der Waals surface area (Å²) >= 11 is 0. The van der Waals surface area contributed by atoms with Crippen molar-refractivity contribution in [3.8, 4) is 0 Å². The van der Waals surface area contributed by atoms with Crippen LogP contribution in [0.2, 0.25) is 0 Å². The van der Waals surface area contributed by atoms with Crippen LogP contribution >= 0.6 is 0 Å². The second kappa shape index (κ2) is 8.06. The third-order valence-corrected chi connectivity index (χ3v) is 3.26. The zero-order valence-corrected chi connectivity index (χ0v) is 12.4. The van der Waals surface area contributed by atoms with E-state index in [4.69, 9.17) is 9.84 Å². The molecule has 20 heavy (non-hydrogen) atoms.